The third kappa shape index (κ3) is 2.02. The number of anilines is 1. The van der Waals surface area contributed by atoms with Gasteiger partial charge in [0.2, 0.25) is 5.12 Å². The SMILES string of the molecule is Cc1ccc(C2Nc3ccccc3SC2=O)cc1. The van der Waals surface area contributed by atoms with E-state index in [1.54, 1.807) is 0 Å². The quantitative estimate of drug-likeness (QED) is 0.840. The second kappa shape index (κ2) is 4.50. The summed E-state index contributed by atoms with van der Waals surface area (Å²) in [6.07, 6.45) is 0. The molecule has 90 valence electrons. The Bertz CT molecular complexity index is 592. The van der Waals surface area contributed by atoms with E-state index in [9.17, 15) is 4.79 Å². The van der Waals surface area contributed by atoms with Crippen LogP contribution in [0.1, 0.15) is 17.2 Å². The predicted octanol–water partition coefficient (Wildman–Crippen LogP) is 3.78. The van der Waals surface area contributed by atoms with Crippen LogP contribution in [0.5, 0.6) is 0 Å². The van der Waals surface area contributed by atoms with Crippen LogP contribution in [0.25, 0.3) is 0 Å². The maximum absolute atomic E-state index is 12.1. The molecule has 1 aliphatic heterocycles. The Morgan fingerprint density at radius 1 is 1.06 bits per heavy atom. The number of aryl methyl sites for hydroxylation is 1. The summed E-state index contributed by atoms with van der Waals surface area (Å²) in [6.45, 7) is 2.05. The lowest BCUT2D eigenvalue weighted by atomic mass is 10.1. The second-order valence-corrected chi connectivity index (χ2v) is 5.45. The topological polar surface area (TPSA) is 29.1 Å². The van der Waals surface area contributed by atoms with E-state index >= 15 is 0 Å². The molecule has 0 saturated heterocycles. The largest absolute Gasteiger partial charge is 0.370 e. The van der Waals surface area contributed by atoms with Crippen molar-refractivity contribution in [2.75, 3.05) is 5.32 Å². The molecule has 0 aromatic heterocycles. The van der Waals surface area contributed by atoms with Gasteiger partial charge in [-0.25, -0.2) is 0 Å². The smallest absolute Gasteiger partial charge is 0.220 e. The number of rotatable bonds is 1. The molecule has 0 aliphatic carbocycles. The molecule has 0 amide bonds. The Morgan fingerprint density at radius 2 is 1.78 bits per heavy atom. The third-order valence-corrected chi connectivity index (χ3v) is 4.06. The predicted molar refractivity (Wildman–Crippen MR) is 74.8 cm³/mol. The van der Waals surface area contributed by atoms with Gasteiger partial charge in [-0.2, -0.15) is 0 Å². The lowest BCUT2D eigenvalue weighted by Crippen LogP contribution is -2.22. The zero-order valence-corrected chi connectivity index (χ0v) is 10.8. The van der Waals surface area contributed by atoms with Crippen molar-refractivity contribution in [3.63, 3.8) is 0 Å². The average molecular weight is 255 g/mol. The summed E-state index contributed by atoms with van der Waals surface area (Å²) in [4.78, 5) is 13.1. The molecular formula is C15H13NOS. The number of fused-ring (bicyclic) bond motifs is 1. The zero-order chi connectivity index (χ0) is 12.5. The van der Waals surface area contributed by atoms with Crippen molar-refractivity contribution in [3.8, 4) is 0 Å². The van der Waals surface area contributed by atoms with E-state index in [4.69, 9.17) is 0 Å². The fraction of sp³-hybridized carbons (Fsp3) is 0.133. The maximum atomic E-state index is 12.1. The Morgan fingerprint density at radius 3 is 2.56 bits per heavy atom. The highest BCUT2D eigenvalue weighted by atomic mass is 32.2. The number of carbonyl (C=O) groups excluding carboxylic acids is 1. The van der Waals surface area contributed by atoms with Crippen LogP contribution in [-0.2, 0) is 4.79 Å². The number of carbonyl (C=O) groups is 1. The van der Waals surface area contributed by atoms with E-state index in [0.29, 0.717) is 0 Å². The fourth-order valence-corrected chi connectivity index (χ4v) is 2.95. The van der Waals surface area contributed by atoms with Gasteiger partial charge < -0.3 is 5.32 Å². The lowest BCUT2D eigenvalue weighted by Gasteiger charge is -2.25. The molecule has 1 heterocycles. The molecule has 0 fully saturated rings. The summed E-state index contributed by atoms with van der Waals surface area (Å²) < 4.78 is 0. The molecule has 3 rings (SSSR count). The van der Waals surface area contributed by atoms with E-state index in [1.807, 2.05) is 55.5 Å². The van der Waals surface area contributed by atoms with Crippen LogP contribution >= 0.6 is 11.8 Å². The van der Waals surface area contributed by atoms with Crippen LogP contribution in [0.2, 0.25) is 0 Å². The van der Waals surface area contributed by atoms with Crippen LogP contribution in [0, 0.1) is 6.92 Å². The van der Waals surface area contributed by atoms with Gasteiger partial charge in [-0.05, 0) is 36.4 Å². The maximum Gasteiger partial charge on any atom is 0.220 e. The molecule has 2 aromatic carbocycles. The van der Waals surface area contributed by atoms with Crippen molar-refractivity contribution in [3.05, 3.63) is 59.7 Å². The Balaban J connectivity index is 1.95. The summed E-state index contributed by atoms with van der Waals surface area (Å²) in [6, 6.07) is 15.8. The van der Waals surface area contributed by atoms with Crippen LogP contribution in [0.3, 0.4) is 0 Å². The standard InChI is InChI=1S/C15H13NOS/c1-10-6-8-11(9-7-10)14-15(17)18-13-5-3-2-4-12(13)16-14/h2-9,14,16H,1H3. The van der Waals surface area contributed by atoms with Crippen molar-refractivity contribution in [2.45, 2.75) is 17.9 Å². The van der Waals surface area contributed by atoms with Gasteiger partial charge in [0.15, 0.2) is 0 Å². The first-order valence-electron chi connectivity index (χ1n) is 5.88. The molecule has 0 saturated carbocycles. The van der Waals surface area contributed by atoms with Crippen molar-refractivity contribution >= 4 is 22.6 Å². The Hall–Kier alpha value is -1.74. The lowest BCUT2D eigenvalue weighted by molar-refractivity contribution is -0.111. The molecule has 0 spiro atoms. The van der Waals surface area contributed by atoms with Gasteiger partial charge in [0, 0.05) is 10.6 Å². The van der Waals surface area contributed by atoms with Crippen molar-refractivity contribution in [2.24, 2.45) is 0 Å². The minimum atomic E-state index is -0.245. The minimum Gasteiger partial charge on any atom is -0.370 e. The molecule has 0 radical (unpaired) electrons. The van der Waals surface area contributed by atoms with E-state index in [0.717, 1.165) is 16.1 Å². The van der Waals surface area contributed by atoms with E-state index in [2.05, 4.69) is 5.32 Å². The normalized spacial score (nSPS) is 18.1. The average Bonchev–Trinajstić information content (AvgIpc) is 2.39. The highest BCUT2D eigenvalue weighted by Crippen LogP contribution is 2.39. The van der Waals surface area contributed by atoms with Crippen molar-refractivity contribution in [1.82, 2.24) is 0 Å². The molecule has 2 aromatic rings. The monoisotopic (exact) mass is 255 g/mol. The minimum absolute atomic E-state index is 0.151. The molecule has 0 bridgehead atoms. The number of hydrogen-bond donors (Lipinski definition) is 1. The van der Waals surface area contributed by atoms with Gasteiger partial charge in [0.1, 0.15) is 6.04 Å². The summed E-state index contributed by atoms with van der Waals surface area (Å²) in [7, 11) is 0. The summed E-state index contributed by atoms with van der Waals surface area (Å²) in [5.74, 6) is 0. The van der Waals surface area contributed by atoms with Gasteiger partial charge >= 0.3 is 0 Å². The Labute approximate surface area is 110 Å². The molecule has 2 nitrogen and oxygen atoms in total. The number of benzene rings is 2. The number of thioether (sulfide) groups is 1. The summed E-state index contributed by atoms with van der Waals surface area (Å²) >= 11 is 1.32. The van der Waals surface area contributed by atoms with Crippen LogP contribution in [-0.4, -0.2) is 5.12 Å². The molecule has 1 atom stereocenters. The van der Waals surface area contributed by atoms with Crippen molar-refractivity contribution < 1.29 is 4.79 Å². The fourth-order valence-electron chi connectivity index (χ4n) is 2.03. The van der Waals surface area contributed by atoms with E-state index in [1.165, 1.54) is 17.3 Å². The highest BCUT2D eigenvalue weighted by molar-refractivity contribution is 8.14. The summed E-state index contributed by atoms with van der Waals surface area (Å²) in [5.41, 5.74) is 3.26. The van der Waals surface area contributed by atoms with Crippen LogP contribution < -0.4 is 5.32 Å². The zero-order valence-electron chi connectivity index (χ0n) is 10.0. The van der Waals surface area contributed by atoms with Gasteiger partial charge in [0.05, 0.1) is 0 Å². The van der Waals surface area contributed by atoms with Crippen LogP contribution in [0.15, 0.2) is 53.4 Å². The number of nitrogens with one attached hydrogen (secondary N) is 1. The van der Waals surface area contributed by atoms with E-state index < -0.39 is 0 Å². The molecule has 1 unspecified atom stereocenters. The third-order valence-electron chi connectivity index (χ3n) is 3.04. The molecule has 1 N–H and O–H groups in total. The van der Waals surface area contributed by atoms with Crippen molar-refractivity contribution in [1.29, 1.82) is 0 Å². The molecule has 18 heavy (non-hydrogen) atoms. The molecule has 1 aliphatic rings. The van der Waals surface area contributed by atoms with E-state index in [-0.39, 0.29) is 11.2 Å². The molecular weight excluding hydrogens is 242 g/mol. The number of hydrogen-bond acceptors (Lipinski definition) is 3. The van der Waals surface area contributed by atoms with Crippen LogP contribution in [0.4, 0.5) is 5.69 Å². The van der Waals surface area contributed by atoms with Gasteiger partial charge in [-0.15, -0.1) is 0 Å². The molecule has 3 heteroatoms. The Kier molecular flexibility index (Phi) is 2.84. The summed E-state index contributed by atoms with van der Waals surface area (Å²) in [5, 5.41) is 3.46. The second-order valence-electron chi connectivity index (χ2n) is 4.41. The highest BCUT2D eigenvalue weighted by Gasteiger charge is 2.27. The first kappa shape index (κ1) is 11.4. The van der Waals surface area contributed by atoms with Gasteiger partial charge in [-0.3, -0.25) is 4.79 Å². The first-order valence-corrected chi connectivity index (χ1v) is 6.69. The number of para-hydroxylation sites is 1. The van der Waals surface area contributed by atoms with Gasteiger partial charge in [0.25, 0.3) is 0 Å². The first-order chi connectivity index (χ1) is 8.74. The van der Waals surface area contributed by atoms with Gasteiger partial charge in [-0.1, -0.05) is 42.0 Å².